The van der Waals surface area contributed by atoms with E-state index in [1.165, 1.54) is 0 Å². The average molecular weight is 446 g/mol. The molecule has 0 bridgehead atoms. The SMILES string of the molecule is Cc1oc2cc(OCc3c(Cl)cccc3Cl)ccc2c(=O)c1-c1ccc(Cl)cc1. The van der Waals surface area contributed by atoms with Gasteiger partial charge in [-0.25, -0.2) is 0 Å². The van der Waals surface area contributed by atoms with Gasteiger partial charge in [-0.05, 0) is 48.9 Å². The zero-order valence-corrected chi connectivity index (χ0v) is 17.6. The van der Waals surface area contributed by atoms with E-state index in [4.69, 9.17) is 44.0 Å². The number of hydrogen-bond acceptors (Lipinski definition) is 3. The maximum absolute atomic E-state index is 13.0. The van der Waals surface area contributed by atoms with Crippen LogP contribution in [0.15, 0.2) is 69.9 Å². The summed E-state index contributed by atoms with van der Waals surface area (Å²) in [5.74, 6) is 1.08. The highest BCUT2D eigenvalue weighted by molar-refractivity contribution is 6.36. The fraction of sp³-hybridized carbons (Fsp3) is 0.0870. The number of aryl methyl sites for hydroxylation is 1. The fourth-order valence-corrected chi connectivity index (χ4v) is 3.78. The van der Waals surface area contributed by atoms with E-state index in [1.807, 2.05) is 0 Å². The molecular weight excluding hydrogens is 431 g/mol. The Balaban J connectivity index is 1.69. The number of fused-ring (bicyclic) bond motifs is 1. The van der Waals surface area contributed by atoms with E-state index in [9.17, 15) is 4.79 Å². The summed E-state index contributed by atoms with van der Waals surface area (Å²) in [5.41, 5.74) is 2.33. The Morgan fingerprint density at radius 1 is 0.931 bits per heavy atom. The van der Waals surface area contributed by atoms with Crippen molar-refractivity contribution in [2.45, 2.75) is 13.5 Å². The van der Waals surface area contributed by atoms with E-state index < -0.39 is 0 Å². The Morgan fingerprint density at radius 2 is 1.62 bits per heavy atom. The standard InChI is InChI=1S/C23H15Cl3O3/c1-13-22(14-5-7-15(24)8-6-14)23(27)17-10-9-16(11-21(17)29-13)28-12-18-19(25)3-2-4-20(18)26/h2-11H,12H2,1H3. The van der Waals surface area contributed by atoms with Gasteiger partial charge in [-0.1, -0.05) is 53.0 Å². The lowest BCUT2D eigenvalue weighted by Gasteiger charge is -2.11. The van der Waals surface area contributed by atoms with E-state index in [1.54, 1.807) is 67.6 Å². The van der Waals surface area contributed by atoms with Crippen LogP contribution in [0.1, 0.15) is 11.3 Å². The van der Waals surface area contributed by atoms with Gasteiger partial charge in [-0.3, -0.25) is 4.79 Å². The van der Waals surface area contributed by atoms with Gasteiger partial charge in [0.1, 0.15) is 23.7 Å². The van der Waals surface area contributed by atoms with Gasteiger partial charge >= 0.3 is 0 Å². The third kappa shape index (κ3) is 3.99. The van der Waals surface area contributed by atoms with Gasteiger partial charge in [0.05, 0.1) is 10.9 Å². The van der Waals surface area contributed by atoms with Crippen molar-refractivity contribution >= 4 is 45.8 Å². The first kappa shape index (κ1) is 19.8. The summed E-state index contributed by atoms with van der Waals surface area (Å²) in [4.78, 5) is 13.0. The second-order valence-corrected chi connectivity index (χ2v) is 7.77. The average Bonchev–Trinajstić information content (AvgIpc) is 2.69. The van der Waals surface area contributed by atoms with E-state index in [0.29, 0.717) is 48.7 Å². The van der Waals surface area contributed by atoms with E-state index >= 15 is 0 Å². The second-order valence-electron chi connectivity index (χ2n) is 6.52. The highest BCUT2D eigenvalue weighted by Gasteiger charge is 2.14. The summed E-state index contributed by atoms with van der Waals surface area (Å²) in [6.07, 6.45) is 0. The van der Waals surface area contributed by atoms with Crippen molar-refractivity contribution in [3.63, 3.8) is 0 Å². The third-order valence-electron chi connectivity index (χ3n) is 4.62. The predicted molar refractivity (Wildman–Crippen MR) is 118 cm³/mol. The van der Waals surface area contributed by atoms with Gasteiger partial charge in [-0.15, -0.1) is 0 Å². The van der Waals surface area contributed by atoms with Crippen molar-refractivity contribution in [2.24, 2.45) is 0 Å². The first-order valence-electron chi connectivity index (χ1n) is 8.83. The lowest BCUT2D eigenvalue weighted by atomic mass is 10.0. The molecule has 0 aliphatic rings. The molecule has 0 saturated carbocycles. The predicted octanol–water partition coefficient (Wildman–Crippen LogP) is 7.31. The number of benzene rings is 3. The summed E-state index contributed by atoms with van der Waals surface area (Å²) in [6.45, 7) is 1.97. The highest BCUT2D eigenvalue weighted by atomic mass is 35.5. The molecule has 0 fully saturated rings. The van der Waals surface area contributed by atoms with Crippen LogP contribution in [0.2, 0.25) is 15.1 Å². The van der Waals surface area contributed by atoms with Crippen LogP contribution in [0.3, 0.4) is 0 Å². The summed E-state index contributed by atoms with van der Waals surface area (Å²) in [7, 11) is 0. The molecule has 4 rings (SSSR count). The summed E-state index contributed by atoms with van der Waals surface area (Å²) in [6, 6.07) is 17.5. The van der Waals surface area contributed by atoms with Gasteiger partial charge in [0.25, 0.3) is 0 Å². The molecule has 29 heavy (non-hydrogen) atoms. The van der Waals surface area contributed by atoms with Crippen LogP contribution in [-0.2, 0) is 6.61 Å². The Kier molecular flexibility index (Phi) is 5.55. The smallest absolute Gasteiger partial charge is 0.200 e. The molecular formula is C23H15Cl3O3. The highest BCUT2D eigenvalue weighted by Crippen LogP contribution is 2.29. The molecule has 0 N–H and O–H groups in total. The van der Waals surface area contributed by atoms with Crippen molar-refractivity contribution in [1.82, 2.24) is 0 Å². The molecule has 0 saturated heterocycles. The largest absolute Gasteiger partial charge is 0.489 e. The Hall–Kier alpha value is -2.46. The summed E-state index contributed by atoms with van der Waals surface area (Å²) in [5, 5.41) is 2.15. The molecule has 3 nitrogen and oxygen atoms in total. The molecule has 0 atom stereocenters. The number of rotatable bonds is 4. The van der Waals surface area contributed by atoms with E-state index in [0.717, 1.165) is 5.56 Å². The molecule has 0 spiro atoms. The minimum atomic E-state index is -0.105. The maximum atomic E-state index is 13.0. The zero-order chi connectivity index (χ0) is 20.5. The molecule has 0 aliphatic carbocycles. The third-order valence-corrected chi connectivity index (χ3v) is 5.58. The first-order chi connectivity index (χ1) is 13.9. The van der Waals surface area contributed by atoms with Crippen LogP contribution in [0, 0.1) is 6.92 Å². The molecule has 6 heteroatoms. The first-order valence-corrected chi connectivity index (χ1v) is 9.96. The Morgan fingerprint density at radius 3 is 2.31 bits per heavy atom. The molecule has 4 aromatic rings. The molecule has 0 aliphatic heterocycles. The molecule has 1 heterocycles. The van der Waals surface area contributed by atoms with Gasteiger partial charge in [0.15, 0.2) is 0 Å². The van der Waals surface area contributed by atoms with Crippen LogP contribution < -0.4 is 10.2 Å². The van der Waals surface area contributed by atoms with Crippen molar-refractivity contribution < 1.29 is 9.15 Å². The topological polar surface area (TPSA) is 39.4 Å². The van der Waals surface area contributed by atoms with E-state index in [2.05, 4.69) is 0 Å². The molecule has 146 valence electrons. The van der Waals surface area contributed by atoms with Crippen molar-refractivity contribution in [3.8, 4) is 16.9 Å². The minimum absolute atomic E-state index is 0.105. The molecule has 0 radical (unpaired) electrons. The summed E-state index contributed by atoms with van der Waals surface area (Å²) < 4.78 is 11.8. The van der Waals surface area contributed by atoms with Crippen molar-refractivity contribution in [1.29, 1.82) is 0 Å². The monoisotopic (exact) mass is 444 g/mol. The molecule has 3 aromatic carbocycles. The number of hydrogen-bond donors (Lipinski definition) is 0. The van der Waals surface area contributed by atoms with Crippen molar-refractivity contribution in [2.75, 3.05) is 0 Å². The lowest BCUT2D eigenvalue weighted by Crippen LogP contribution is -2.07. The van der Waals surface area contributed by atoms with Crippen LogP contribution in [0.5, 0.6) is 5.75 Å². The van der Waals surface area contributed by atoms with E-state index in [-0.39, 0.29) is 12.0 Å². The quantitative estimate of drug-likeness (QED) is 0.330. The molecule has 0 unspecified atom stereocenters. The normalized spacial score (nSPS) is 11.0. The molecule has 0 amide bonds. The van der Waals surface area contributed by atoms with Gasteiger partial charge in [-0.2, -0.15) is 0 Å². The second kappa shape index (κ2) is 8.11. The molecule has 1 aromatic heterocycles. The van der Waals surface area contributed by atoms with Crippen LogP contribution in [0.4, 0.5) is 0 Å². The minimum Gasteiger partial charge on any atom is -0.489 e. The van der Waals surface area contributed by atoms with Gasteiger partial charge in [0.2, 0.25) is 5.43 Å². The Labute approximate surface area is 182 Å². The maximum Gasteiger partial charge on any atom is 0.200 e. The van der Waals surface area contributed by atoms with Gasteiger partial charge < -0.3 is 9.15 Å². The summed E-state index contributed by atoms with van der Waals surface area (Å²) >= 11 is 18.3. The fourth-order valence-electron chi connectivity index (χ4n) is 3.15. The number of halogens is 3. The van der Waals surface area contributed by atoms with Crippen LogP contribution in [-0.4, -0.2) is 0 Å². The number of ether oxygens (including phenoxy) is 1. The van der Waals surface area contributed by atoms with Crippen molar-refractivity contribution in [3.05, 3.63) is 97.3 Å². The zero-order valence-electron chi connectivity index (χ0n) is 15.3. The lowest BCUT2D eigenvalue weighted by molar-refractivity contribution is 0.306. The van der Waals surface area contributed by atoms with Gasteiger partial charge in [0, 0.05) is 26.7 Å². The van der Waals surface area contributed by atoms with Crippen LogP contribution in [0.25, 0.3) is 22.1 Å². The Bertz CT molecular complexity index is 1240. The van der Waals surface area contributed by atoms with Crippen LogP contribution >= 0.6 is 34.8 Å².